The van der Waals surface area contributed by atoms with E-state index < -0.39 is 0 Å². The van der Waals surface area contributed by atoms with Crippen LogP contribution in [-0.4, -0.2) is 12.4 Å². The number of rotatable bonds is 6. The Morgan fingerprint density at radius 1 is 1.16 bits per heavy atom. The Balaban J connectivity index is 1.80. The summed E-state index contributed by atoms with van der Waals surface area (Å²) < 4.78 is 7.51. The lowest BCUT2D eigenvalue weighted by atomic mass is 10.2. The van der Waals surface area contributed by atoms with Gasteiger partial charge in [0.15, 0.2) is 5.78 Å². The van der Waals surface area contributed by atoms with Crippen molar-refractivity contribution in [3.8, 4) is 5.75 Å². The number of para-hydroxylation sites is 1. The molecule has 5 heteroatoms. The fraction of sp³-hybridized carbons (Fsp3) is 0.214. The maximum Gasteiger partial charge on any atom is 0.172 e. The third kappa shape index (κ3) is 4.16. The van der Waals surface area contributed by atoms with Crippen LogP contribution in [0.2, 0.25) is 0 Å². The van der Waals surface area contributed by atoms with Gasteiger partial charge in [0.2, 0.25) is 0 Å². The lowest BCUT2D eigenvalue weighted by Gasteiger charge is -2.09. The Morgan fingerprint density at radius 2 is 1.89 bits per heavy atom. The summed E-state index contributed by atoms with van der Waals surface area (Å²) in [7, 11) is 0. The van der Waals surface area contributed by atoms with Gasteiger partial charge in [-0.3, -0.25) is 4.79 Å². The minimum atomic E-state index is 0.185. The van der Waals surface area contributed by atoms with Crippen molar-refractivity contribution < 1.29 is 9.53 Å². The van der Waals surface area contributed by atoms with Crippen molar-refractivity contribution in [3.63, 3.8) is 0 Å². The molecule has 0 fully saturated rings. The minimum absolute atomic E-state index is 0.185. The third-order valence-electron chi connectivity index (χ3n) is 2.51. The van der Waals surface area contributed by atoms with E-state index in [1.807, 2.05) is 35.7 Å². The molecule has 0 amide bonds. The van der Waals surface area contributed by atoms with Crippen LogP contribution >= 0.6 is 43.2 Å². The van der Waals surface area contributed by atoms with Crippen molar-refractivity contribution in [2.24, 2.45) is 0 Å². The molecule has 0 aliphatic carbocycles. The Bertz CT molecular complexity index is 532. The van der Waals surface area contributed by atoms with Gasteiger partial charge in [-0.15, -0.1) is 11.3 Å². The van der Waals surface area contributed by atoms with Crippen LogP contribution in [0, 0.1) is 0 Å². The maximum atomic E-state index is 11.8. The van der Waals surface area contributed by atoms with Crippen molar-refractivity contribution in [2.45, 2.75) is 12.8 Å². The van der Waals surface area contributed by atoms with Gasteiger partial charge in [0.25, 0.3) is 0 Å². The summed E-state index contributed by atoms with van der Waals surface area (Å²) in [4.78, 5) is 12.6. The van der Waals surface area contributed by atoms with Crippen molar-refractivity contribution in [3.05, 3.63) is 49.5 Å². The summed E-state index contributed by atoms with van der Waals surface area (Å²) in [6.45, 7) is 0.526. The van der Waals surface area contributed by atoms with Gasteiger partial charge in [0.1, 0.15) is 5.75 Å². The molecule has 2 nitrogen and oxygen atoms in total. The Hall–Kier alpha value is -0.650. The molecule has 100 valence electrons. The van der Waals surface area contributed by atoms with Crippen molar-refractivity contribution >= 4 is 49.0 Å². The molecule has 19 heavy (non-hydrogen) atoms. The van der Waals surface area contributed by atoms with Crippen LogP contribution in [0.5, 0.6) is 5.75 Å². The molecule has 2 aromatic rings. The van der Waals surface area contributed by atoms with Crippen LogP contribution in [0.15, 0.2) is 44.7 Å². The number of Topliss-reactive ketones (excluding diaryl/α,β-unsaturated/α-hetero) is 1. The average molecular weight is 404 g/mol. The lowest BCUT2D eigenvalue weighted by molar-refractivity contribution is 0.0977. The van der Waals surface area contributed by atoms with Gasteiger partial charge in [0.05, 0.1) is 20.4 Å². The van der Waals surface area contributed by atoms with Gasteiger partial charge in [-0.1, -0.05) is 12.1 Å². The monoisotopic (exact) mass is 402 g/mol. The van der Waals surface area contributed by atoms with E-state index in [2.05, 4.69) is 31.9 Å². The highest BCUT2D eigenvalue weighted by Gasteiger charge is 2.08. The summed E-state index contributed by atoms with van der Waals surface area (Å²) in [6.07, 6.45) is 1.23. The Labute approximate surface area is 133 Å². The molecule has 0 saturated heterocycles. The minimum Gasteiger partial charge on any atom is -0.491 e. The molecule has 1 heterocycles. The summed E-state index contributed by atoms with van der Waals surface area (Å²) in [5.41, 5.74) is 0. The van der Waals surface area contributed by atoms with E-state index in [4.69, 9.17) is 4.74 Å². The first kappa shape index (κ1) is 14.8. The molecule has 0 unspecified atom stereocenters. The zero-order valence-corrected chi connectivity index (χ0v) is 14.1. The molecule has 0 radical (unpaired) electrons. The van der Waals surface area contributed by atoms with Crippen LogP contribution in [0.25, 0.3) is 0 Å². The highest BCUT2D eigenvalue weighted by molar-refractivity contribution is 9.11. The van der Waals surface area contributed by atoms with Gasteiger partial charge >= 0.3 is 0 Å². The molecule has 0 atom stereocenters. The number of benzene rings is 1. The van der Waals surface area contributed by atoms with Crippen LogP contribution in [0.3, 0.4) is 0 Å². The highest BCUT2D eigenvalue weighted by atomic mass is 79.9. The molecule has 2 rings (SSSR count). The molecule has 0 saturated carbocycles. The average Bonchev–Trinajstić information content (AvgIpc) is 2.91. The Kier molecular flexibility index (Phi) is 5.60. The predicted molar refractivity (Wildman–Crippen MR) is 85.2 cm³/mol. The zero-order valence-electron chi connectivity index (χ0n) is 10.1. The summed E-state index contributed by atoms with van der Waals surface area (Å²) in [5.74, 6) is 0.968. The predicted octanol–water partition coefficient (Wildman–Crippen LogP) is 5.32. The highest BCUT2D eigenvalue weighted by Crippen LogP contribution is 2.33. The lowest BCUT2D eigenvalue weighted by Crippen LogP contribution is -2.03. The largest absolute Gasteiger partial charge is 0.491 e. The van der Waals surface area contributed by atoms with E-state index in [1.165, 1.54) is 11.3 Å². The molecule has 0 bridgehead atoms. The second kappa shape index (κ2) is 7.22. The fourth-order valence-corrected chi connectivity index (χ4v) is 3.51. The van der Waals surface area contributed by atoms with Gasteiger partial charge in [-0.25, -0.2) is 0 Å². The second-order valence-corrected chi connectivity index (χ2v) is 6.56. The SMILES string of the molecule is O=C(CCCOc1c(Br)cccc1Br)c1cccs1. The quantitative estimate of drug-likeness (QED) is 0.482. The van der Waals surface area contributed by atoms with Gasteiger partial charge < -0.3 is 4.74 Å². The number of ether oxygens (including phenoxy) is 1. The van der Waals surface area contributed by atoms with Crippen molar-refractivity contribution in [1.82, 2.24) is 0 Å². The third-order valence-corrected chi connectivity index (χ3v) is 4.67. The molecule has 0 N–H and O–H groups in total. The van der Waals surface area contributed by atoms with E-state index in [0.717, 1.165) is 19.6 Å². The summed E-state index contributed by atoms with van der Waals surface area (Å²) in [5, 5.41) is 1.92. The Morgan fingerprint density at radius 3 is 2.53 bits per heavy atom. The molecular formula is C14H12Br2O2S. The van der Waals surface area contributed by atoms with Gasteiger partial charge in [0, 0.05) is 6.42 Å². The smallest absolute Gasteiger partial charge is 0.172 e. The van der Waals surface area contributed by atoms with Crippen molar-refractivity contribution in [2.75, 3.05) is 6.61 Å². The number of thiophene rings is 1. The van der Waals surface area contributed by atoms with E-state index >= 15 is 0 Å². The van der Waals surface area contributed by atoms with Gasteiger partial charge in [-0.2, -0.15) is 0 Å². The first-order valence-electron chi connectivity index (χ1n) is 5.82. The summed E-state index contributed by atoms with van der Waals surface area (Å²) >= 11 is 8.36. The first-order chi connectivity index (χ1) is 9.18. The van der Waals surface area contributed by atoms with E-state index in [-0.39, 0.29) is 5.78 Å². The van der Waals surface area contributed by atoms with Gasteiger partial charge in [-0.05, 0) is 61.9 Å². The molecule has 1 aromatic carbocycles. The number of ketones is 1. The fourth-order valence-electron chi connectivity index (χ4n) is 1.59. The number of carbonyl (C=O) groups is 1. The molecular weight excluding hydrogens is 392 g/mol. The number of halogens is 2. The second-order valence-electron chi connectivity index (χ2n) is 3.90. The topological polar surface area (TPSA) is 26.3 Å². The van der Waals surface area contributed by atoms with E-state index in [0.29, 0.717) is 19.4 Å². The molecule has 0 aliphatic heterocycles. The number of carbonyl (C=O) groups excluding carboxylic acids is 1. The number of hydrogen-bond acceptors (Lipinski definition) is 3. The zero-order chi connectivity index (χ0) is 13.7. The standard InChI is InChI=1S/C14H12Br2O2S/c15-10-4-1-5-11(16)14(10)18-8-2-6-12(17)13-7-3-9-19-13/h1,3-5,7,9H,2,6,8H2. The normalized spacial score (nSPS) is 10.4. The van der Waals surface area contributed by atoms with E-state index in [9.17, 15) is 4.79 Å². The molecule has 0 spiro atoms. The van der Waals surface area contributed by atoms with Crippen LogP contribution < -0.4 is 4.74 Å². The van der Waals surface area contributed by atoms with Crippen molar-refractivity contribution in [1.29, 1.82) is 0 Å². The van der Waals surface area contributed by atoms with Crippen LogP contribution in [0.1, 0.15) is 22.5 Å². The molecule has 1 aromatic heterocycles. The van der Waals surface area contributed by atoms with E-state index in [1.54, 1.807) is 0 Å². The van der Waals surface area contributed by atoms with Crippen LogP contribution in [-0.2, 0) is 0 Å². The number of hydrogen-bond donors (Lipinski definition) is 0. The molecule has 0 aliphatic rings. The van der Waals surface area contributed by atoms with Crippen LogP contribution in [0.4, 0.5) is 0 Å². The maximum absolute atomic E-state index is 11.8. The summed E-state index contributed by atoms with van der Waals surface area (Å²) in [6, 6.07) is 9.54. The first-order valence-corrected chi connectivity index (χ1v) is 8.28.